The van der Waals surface area contributed by atoms with E-state index in [1.165, 1.54) is 11.1 Å². The second-order valence-corrected chi connectivity index (χ2v) is 11.4. The first-order chi connectivity index (χ1) is 20.1. The quantitative estimate of drug-likeness (QED) is 0.333. The highest BCUT2D eigenvalue weighted by Gasteiger charge is 2.37. The van der Waals surface area contributed by atoms with E-state index >= 15 is 0 Å². The Bertz CT molecular complexity index is 1770. The molecule has 2 aliphatic carbocycles. The van der Waals surface area contributed by atoms with Gasteiger partial charge < -0.3 is 16.0 Å². The van der Waals surface area contributed by atoms with Crippen LogP contribution >= 0.6 is 0 Å². The third kappa shape index (κ3) is 4.26. The third-order valence-corrected chi connectivity index (χ3v) is 8.63. The Morgan fingerprint density at radius 1 is 1.00 bits per heavy atom. The van der Waals surface area contributed by atoms with Crippen molar-refractivity contribution in [3.8, 4) is 22.9 Å². The number of benzene rings is 1. The average Bonchev–Trinajstić information content (AvgIpc) is 3.36. The smallest absolute Gasteiger partial charge is 0.225 e. The predicted molar refractivity (Wildman–Crippen MR) is 156 cm³/mol. The van der Waals surface area contributed by atoms with Gasteiger partial charge in [0.2, 0.25) is 5.91 Å². The number of amides is 1. The van der Waals surface area contributed by atoms with Crippen molar-refractivity contribution in [3.63, 3.8) is 0 Å². The van der Waals surface area contributed by atoms with Crippen molar-refractivity contribution >= 4 is 22.9 Å². The van der Waals surface area contributed by atoms with Crippen LogP contribution in [0, 0.1) is 5.92 Å². The molecule has 1 amide bonds. The molecular formula is C31H31N9O. The lowest BCUT2D eigenvalue weighted by atomic mass is 10.1. The number of pyridine rings is 2. The van der Waals surface area contributed by atoms with Gasteiger partial charge in [0.05, 0.1) is 5.56 Å². The summed E-state index contributed by atoms with van der Waals surface area (Å²) in [6.45, 7) is 1.69. The molecule has 1 aromatic carbocycles. The SMILES string of the molecule is Nc1ncccc1-c1nc2ccc(-n3cccn3)nc2n1-c1ccc2c(c1)CC[C@@H]2NC1CCN(C(=O)C2CC2)C1. The second kappa shape index (κ2) is 9.52. The first-order valence-electron chi connectivity index (χ1n) is 14.4. The minimum absolute atomic E-state index is 0.288. The molecule has 2 fully saturated rings. The number of likely N-dealkylation sites (tertiary alicyclic amines) is 1. The molecule has 5 aromatic rings. The largest absolute Gasteiger partial charge is 0.383 e. The molecule has 1 saturated carbocycles. The zero-order valence-corrected chi connectivity index (χ0v) is 22.6. The van der Waals surface area contributed by atoms with Crippen LogP contribution in [0.25, 0.3) is 34.1 Å². The standard InChI is InChI=1S/C31H31N9O/c32-28-24(3-1-13-33-28)29-36-26-10-11-27(39-15-2-14-34-39)37-30(26)40(29)22-7-8-23-20(17-22)6-9-25(23)35-21-12-16-38(18-21)31(41)19-4-5-19/h1-3,7-8,10-11,13-15,17,19,21,25,35H,4-6,9,12,16,18H2,(H2,32,33)/t21?,25-/m0/s1. The van der Waals surface area contributed by atoms with E-state index in [1.54, 1.807) is 17.1 Å². The summed E-state index contributed by atoms with van der Waals surface area (Å²) in [5, 5.41) is 8.23. The molecule has 0 bridgehead atoms. The highest BCUT2D eigenvalue weighted by Crippen LogP contribution is 2.37. The number of carbonyl (C=O) groups excluding carboxylic acids is 1. The molecule has 41 heavy (non-hydrogen) atoms. The summed E-state index contributed by atoms with van der Waals surface area (Å²) in [7, 11) is 0. The number of nitrogens with two attached hydrogens (primary N) is 1. The van der Waals surface area contributed by atoms with Crippen molar-refractivity contribution in [2.75, 3.05) is 18.8 Å². The Hall–Kier alpha value is -4.57. The molecule has 1 unspecified atom stereocenters. The van der Waals surface area contributed by atoms with Gasteiger partial charge in [-0.25, -0.2) is 19.6 Å². The van der Waals surface area contributed by atoms with E-state index in [0.29, 0.717) is 29.4 Å². The highest BCUT2D eigenvalue weighted by atomic mass is 16.2. The van der Waals surface area contributed by atoms with Crippen LogP contribution in [-0.2, 0) is 11.2 Å². The zero-order valence-electron chi connectivity index (χ0n) is 22.6. The molecule has 8 rings (SSSR count). The fourth-order valence-corrected chi connectivity index (χ4v) is 6.40. The minimum atomic E-state index is 0.288. The second-order valence-electron chi connectivity index (χ2n) is 11.4. The van der Waals surface area contributed by atoms with Gasteiger partial charge in [0, 0.05) is 55.4 Å². The molecule has 2 atom stereocenters. The van der Waals surface area contributed by atoms with Crippen molar-refractivity contribution in [2.45, 2.75) is 44.2 Å². The van der Waals surface area contributed by atoms with Crippen molar-refractivity contribution in [2.24, 2.45) is 5.92 Å². The van der Waals surface area contributed by atoms with Crippen molar-refractivity contribution in [1.82, 2.24) is 39.5 Å². The molecule has 10 heteroatoms. The highest BCUT2D eigenvalue weighted by molar-refractivity contribution is 5.83. The number of imidazole rings is 1. The summed E-state index contributed by atoms with van der Waals surface area (Å²) >= 11 is 0. The fourth-order valence-electron chi connectivity index (χ4n) is 6.40. The Kier molecular flexibility index (Phi) is 5.63. The number of aryl methyl sites for hydroxylation is 1. The van der Waals surface area contributed by atoms with Crippen molar-refractivity contribution in [1.29, 1.82) is 0 Å². The van der Waals surface area contributed by atoms with E-state index in [2.05, 4.69) is 43.1 Å². The van der Waals surface area contributed by atoms with Gasteiger partial charge in [-0.2, -0.15) is 5.10 Å². The summed E-state index contributed by atoms with van der Waals surface area (Å²) in [6.07, 6.45) is 10.5. The van der Waals surface area contributed by atoms with E-state index in [0.717, 1.165) is 67.6 Å². The lowest BCUT2D eigenvalue weighted by molar-refractivity contribution is -0.131. The summed E-state index contributed by atoms with van der Waals surface area (Å²) in [4.78, 5) is 28.9. The van der Waals surface area contributed by atoms with Gasteiger partial charge in [-0.05, 0) is 85.7 Å². The Balaban J connectivity index is 1.15. The number of hydrogen-bond acceptors (Lipinski definition) is 7. The van der Waals surface area contributed by atoms with Crippen LogP contribution in [0.15, 0.2) is 67.1 Å². The monoisotopic (exact) mass is 545 g/mol. The number of nitrogens with one attached hydrogen (secondary N) is 1. The molecule has 5 heterocycles. The van der Waals surface area contributed by atoms with Crippen LogP contribution in [0.1, 0.15) is 42.9 Å². The van der Waals surface area contributed by atoms with Crippen LogP contribution in [0.5, 0.6) is 0 Å². The van der Waals surface area contributed by atoms with Crippen LogP contribution in [0.3, 0.4) is 0 Å². The summed E-state index contributed by atoms with van der Waals surface area (Å²) in [5.41, 5.74) is 12.2. The number of carbonyl (C=O) groups is 1. The normalized spacial score (nSPS) is 20.1. The maximum Gasteiger partial charge on any atom is 0.225 e. The van der Waals surface area contributed by atoms with E-state index in [1.807, 2.05) is 36.5 Å². The number of aromatic nitrogens is 6. The van der Waals surface area contributed by atoms with Gasteiger partial charge in [0.25, 0.3) is 0 Å². The first-order valence-corrected chi connectivity index (χ1v) is 14.4. The third-order valence-electron chi connectivity index (χ3n) is 8.63. The summed E-state index contributed by atoms with van der Waals surface area (Å²) < 4.78 is 3.82. The molecule has 4 aromatic heterocycles. The van der Waals surface area contributed by atoms with E-state index in [-0.39, 0.29) is 12.0 Å². The molecule has 206 valence electrons. The van der Waals surface area contributed by atoms with Crippen molar-refractivity contribution in [3.05, 3.63) is 78.2 Å². The zero-order chi connectivity index (χ0) is 27.5. The number of nitrogen functional groups attached to an aromatic ring is 1. The molecule has 1 aliphatic heterocycles. The van der Waals surface area contributed by atoms with E-state index in [4.69, 9.17) is 15.7 Å². The predicted octanol–water partition coefficient (Wildman–Crippen LogP) is 3.84. The summed E-state index contributed by atoms with van der Waals surface area (Å²) in [6, 6.07) is 16.9. The van der Waals surface area contributed by atoms with Crippen molar-refractivity contribution < 1.29 is 4.79 Å². The lowest BCUT2D eigenvalue weighted by Gasteiger charge is -2.21. The molecule has 3 N–H and O–H groups in total. The lowest BCUT2D eigenvalue weighted by Crippen LogP contribution is -2.37. The summed E-state index contributed by atoms with van der Waals surface area (Å²) in [5.74, 6) is 2.48. The maximum atomic E-state index is 12.5. The Morgan fingerprint density at radius 3 is 2.76 bits per heavy atom. The number of anilines is 1. The van der Waals surface area contributed by atoms with Gasteiger partial charge in [0.1, 0.15) is 11.3 Å². The van der Waals surface area contributed by atoms with E-state index in [9.17, 15) is 4.79 Å². The fraction of sp³-hybridized carbons (Fsp3) is 0.323. The molecule has 10 nitrogen and oxygen atoms in total. The molecule has 3 aliphatic rings. The minimum Gasteiger partial charge on any atom is -0.383 e. The maximum absolute atomic E-state index is 12.5. The first kappa shape index (κ1) is 24.2. The number of nitrogens with zero attached hydrogens (tertiary/aromatic N) is 7. The molecular weight excluding hydrogens is 514 g/mol. The van der Waals surface area contributed by atoms with Crippen LogP contribution < -0.4 is 11.1 Å². The van der Waals surface area contributed by atoms with Crippen LogP contribution in [-0.4, -0.2) is 59.2 Å². The molecule has 0 spiro atoms. The Morgan fingerprint density at radius 2 is 1.93 bits per heavy atom. The average molecular weight is 546 g/mol. The molecule has 0 radical (unpaired) electrons. The van der Waals surface area contributed by atoms with Crippen LogP contribution in [0.2, 0.25) is 0 Å². The Labute approximate surface area is 237 Å². The molecule has 1 saturated heterocycles. The van der Waals surface area contributed by atoms with E-state index < -0.39 is 0 Å². The van der Waals surface area contributed by atoms with Gasteiger partial charge in [-0.3, -0.25) is 9.36 Å². The van der Waals surface area contributed by atoms with Crippen LogP contribution in [0.4, 0.5) is 5.82 Å². The van der Waals surface area contributed by atoms with Gasteiger partial charge in [-0.15, -0.1) is 0 Å². The van der Waals surface area contributed by atoms with Gasteiger partial charge in [-0.1, -0.05) is 6.07 Å². The number of fused-ring (bicyclic) bond motifs is 2. The number of rotatable bonds is 6. The number of hydrogen-bond donors (Lipinski definition) is 2. The topological polar surface area (TPSA) is 120 Å². The van der Waals surface area contributed by atoms with Gasteiger partial charge in [0.15, 0.2) is 17.3 Å². The van der Waals surface area contributed by atoms with Gasteiger partial charge >= 0.3 is 0 Å².